The standard InChI is InChI=1S/C2H7FN2/c1-4-2-5-3/h4-5H,2H2,1H3. The molecule has 0 aliphatic rings. The molecular weight excluding hydrogens is 71.0 g/mol. The number of nitrogens with one attached hydrogen (secondary N) is 2. The van der Waals surface area contributed by atoms with E-state index in [4.69, 9.17) is 0 Å². The minimum atomic E-state index is 0.222. The van der Waals surface area contributed by atoms with Gasteiger partial charge in [-0.05, 0) is 7.05 Å². The third-order valence-electron chi connectivity index (χ3n) is 0.244. The molecule has 5 heavy (non-hydrogen) atoms. The van der Waals surface area contributed by atoms with Gasteiger partial charge in [0.2, 0.25) is 0 Å². The molecule has 0 saturated carbocycles. The summed E-state index contributed by atoms with van der Waals surface area (Å²) in [6.45, 7) is 0.222. The van der Waals surface area contributed by atoms with Crippen molar-refractivity contribution in [1.29, 1.82) is 0 Å². The highest BCUT2D eigenvalue weighted by atomic mass is 19.2. The van der Waals surface area contributed by atoms with E-state index in [0.29, 0.717) is 0 Å². The van der Waals surface area contributed by atoms with Crippen LogP contribution in [0.25, 0.3) is 0 Å². The van der Waals surface area contributed by atoms with Gasteiger partial charge in [0.15, 0.2) is 0 Å². The lowest BCUT2D eigenvalue weighted by molar-refractivity contribution is 0.323. The maximum Gasteiger partial charge on any atom is 0.0748 e. The lowest BCUT2D eigenvalue weighted by atomic mass is 11.1. The summed E-state index contributed by atoms with van der Waals surface area (Å²) in [6.07, 6.45) is 0. The number of halogens is 1. The van der Waals surface area contributed by atoms with Gasteiger partial charge < -0.3 is 5.32 Å². The quantitative estimate of drug-likeness (QED) is 0.348. The summed E-state index contributed by atoms with van der Waals surface area (Å²) in [5.74, 6) is 0. The van der Waals surface area contributed by atoms with Crippen molar-refractivity contribution in [2.24, 2.45) is 0 Å². The van der Waals surface area contributed by atoms with Crippen molar-refractivity contribution >= 4 is 0 Å². The van der Waals surface area contributed by atoms with Crippen LogP contribution in [-0.2, 0) is 0 Å². The minimum absolute atomic E-state index is 0.222. The van der Waals surface area contributed by atoms with Gasteiger partial charge in [-0.2, -0.15) is 0 Å². The van der Waals surface area contributed by atoms with Crippen LogP contribution in [0.3, 0.4) is 0 Å². The molecule has 0 aliphatic heterocycles. The maximum atomic E-state index is 10.7. The van der Waals surface area contributed by atoms with Gasteiger partial charge in [0.25, 0.3) is 0 Å². The molecule has 0 unspecified atom stereocenters. The van der Waals surface area contributed by atoms with E-state index in [2.05, 4.69) is 5.32 Å². The Morgan fingerprint density at radius 2 is 2.40 bits per heavy atom. The average Bonchev–Trinajstić information content (AvgIpc) is 1.41. The van der Waals surface area contributed by atoms with E-state index in [1.165, 1.54) is 5.54 Å². The van der Waals surface area contributed by atoms with E-state index < -0.39 is 0 Å². The Labute approximate surface area is 30.3 Å². The molecule has 0 heterocycles. The molecule has 0 atom stereocenters. The van der Waals surface area contributed by atoms with Crippen LogP contribution in [0.15, 0.2) is 0 Å². The van der Waals surface area contributed by atoms with Crippen LogP contribution in [0.2, 0.25) is 0 Å². The zero-order valence-electron chi connectivity index (χ0n) is 3.09. The van der Waals surface area contributed by atoms with Gasteiger partial charge >= 0.3 is 0 Å². The molecule has 32 valence electrons. The van der Waals surface area contributed by atoms with Gasteiger partial charge in [-0.3, -0.25) is 0 Å². The van der Waals surface area contributed by atoms with Gasteiger partial charge in [-0.25, -0.2) is 0 Å². The Kier molecular flexibility index (Phi) is 3.73. The average molecular weight is 78.1 g/mol. The molecule has 2 nitrogen and oxygen atoms in total. The molecule has 0 bridgehead atoms. The molecule has 0 fully saturated rings. The van der Waals surface area contributed by atoms with E-state index in [9.17, 15) is 4.48 Å². The minimum Gasteiger partial charge on any atom is -0.306 e. The van der Waals surface area contributed by atoms with E-state index in [0.717, 1.165) is 0 Å². The molecule has 0 spiro atoms. The van der Waals surface area contributed by atoms with E-state index >= 15 is 0 Å². The maximum absolute atomic E-state index is 10.7. The number of hydrogen-bond donors (Lipinski definition) is 2. The summed E-state index contributed by atoms with van der Waals surface area (Å²) in [7, 11) is 1.66. The van der Waals surface area contributed by atoms with Gasteiger partial charge in [0, 0.05) is 0 Å². The Bertz CT molecular complexity index is 15.1. The predicted molar refractivity (Wildman–Crippen MR) is 18.2 cm³/mol. The zero-order valence-corrected chi connectivity index (χ0v) is 3.09. The van der Waals surface area contributed by atoms with Gasteiger partial charge in [0.05, 0.1) is 6.67 Å². The van der Waals surface area contributed by atoms with Gasteiger partial charge in [-0.15, -0.1) is 10.0 Å². The van der Waals surface area contributed by atoms with Crippen LogP contribution in [0.1, 0.15) is 0 Å². The molecule has 0 saturated heterocycles. The van der Waals surface area contributed by atoms with Crippen LogP contribution in [0.5, 0.6) is 0 Å². The predicted octanol–water partition coefficient (Wildman–Crippen LogP) is -0.363. The molecule has 0 rings (SSSR count). The van der Waals surface area contributed by atoms with E-state index in [-0.39, 0.29) is 6.67 Å². The van der Waals surface area contributed by atoms with Gasteiger partial charge in [-0.1, -0.05) is 0 Å². The number of rotatable bonds is 2. The van der Waals surface area contributed by atoms with Crippen molar-refractivity contribution < 1.29 is 4.48 Å². The summed E-state index contributed by atoms with van der Waals surface area (Å²) >= 11 is 0. The number of hydrogen-bond acceptors (Lipinski definition) is 2. The summed E-state index contributed by atoms with van der Waals surface area (Å²) in [4.78, 5) is 0. The van der Waals surface area contributed by atoms with E-state index in [1.807, 2.05) is 0 Å². The zero-order chi connectivity index (χ0) is 4.12. The van der Waals surface area contributed by atoms with Crippen molar-refractivity contribution in [3.8, 4) is 0 Å². The topological polar surface area (TPSA) is 24.1 Å². The molecule has 2 N–H and O–H groups in total. The van der Waals surface area contributed by atoms with Crippen molar-refractivity contribution in [1.82, 2.24) is 10.9 Å². The monoisotopic (exact) mass is 78.1 g/mol. The Morgan fingerprint density at radius 3 is 2.40 bits per heavy atom. The second-order valence-corrected chi connectivity index (χ2v) is 0.664. The van der Waals surface area contributed by atoms with Crippen LogP contribution in [0.4, 0.5) is 4.48 Å². The second-order valence-electron chi connectivity index (χ2n) is 0.664. The Morgan fingerprint density at radius 1 is 1.80 bits per heavy atom. The molecule has 0 aromatic rings. The summed E-state index contributed by atoms with van der Waals surface area (Å²) in [6, 6.07) is 0. The molecular formula is C2H7FN2. The first-order valence-corrected chi connectivity index (χ1v) is 1.40. The van der Waals surface area contributed by atoms with Crippen LogP contribution < -0.4 is 10.9 Å². The van der Waals surface area contributed by atoms with Gasteiger partial charge in [0.1, 0.15) is 0 Å². The normalized spacial score (nSPS) is 8.40. The second kappa shape index (κ2) is 3.85. The smallest absolute Gasteiger partial charge is 0.0748 e. The lowest BCUT2D eigenvalue weighted by Gasteiger charge is -1.84. The van der Waals surface area contributed by atoms with Crippen molar-refractivity contribution in [2.75, 3.05) is 13.7 Å². The van der Waals surface area contributed by atoms with Crippen molar-refractivity contribution in [3.05, 3.63) is 0 Å². The molecule has 0 amide bonds. The first-order chi connectivity index (χ1) is 2.41. The third kappa shape index (κ3) is 3.85. The molecule has 0 aromatic heterocycles. The molecule has 0 aliphatic carbocycles. The first-order valence-electron chi connectivity index (χ1n) is 1.40. The Hall–Kier alpha value is -0.150. The third-order valence-corrected chi connectivity index (χ3v) is 0.244. The van der Waals surface area contributed by atoms with Crippen LogP contribution in [0, 0.1) is 0 Å². The first kappa shape index (κ1) is 4.85. The summed E-state index contributed by atoms with van der Waals surface area (Å²) in [5, 5.41) is 2.53. The Balaban J connectivity index is 2.19. The van der Waals surface area contributed by atoms with Crippen LogP contribution >= 0.6 is 0 Å². The fourth-order valence-corrected chi connectivity index (χ4v) is 0.0668. The largest absolute Gasteiger partial charge is 0.306 e. The SMILES string of the molecule is CNCNF. The fourth-order valence-electron chi connectivity index (χ4n) is 0.0668. The fraction of sp³-hybridized carbons (Fsp3) is 1.00. The lowest BCUT2D eigenvalue weighted by Crippen LogP contribution is -2.17. The van der Waals surface area contributed by atoms with Crippen LogP contribution in [-0.4, -0.2) is 13.7 Å². The summed E-state index contributed by atoms with van der Waals surface area (Å²) in [5.41, 5.74) is 1.41. The highest BCUT2D eigenvalue weighted by molar-refractivity contribution is 4.15. The van der Waals surface area contributed by atoms with Crippen molar-refractivity contribution in [2.45, 2.75) is 0 Å². The molecule has 0 aromatic carbocycles. The highest BCUT2D eigenvalue weighted by Crippen LogP contribution is 1.40. The molecule has 3 heteroatoms. The van der Waals surface area contributed by atoms with Crippen molar-refractivity contribution in [3.63, 3.8) is 0 Å². The molecule has 0 radical (unpaired) electrons. The highest BCUT2D eigenvalue weighted by Gasteiger charge is 1.64. The summed E-state index contributed by atoms with van der Waals surface area (Å²) < 4.78 is 10.7. The van der Waals surface area contributed by atoms with E-state index in [1.54, 1.807) is 7.05 Å².